The molecular formula is C24H30N2O3. The van der Waals surface area contributed by atoms with Gasteiger partial charge in [0.2, 0.25) is 5.91 Å². The fraction of sp³-hybridized carbons (Fsp3) is 0.542. The van der Waals surface area contributed by atoms with Crippen LogP contribution in [0.15, 0.2) is 47.1 Å². The molecule has 5 heteroatoms. The number of piperidine rings is 1. The van der Waals surface area contributed by atoms with Crippen molar-refractivity contribution < 1.29 is 13.9 Å². The molecule has 0 bridgehead atoms. The zero-order chi connectivity index (χ0) is 19.7. The molecule has 0 radical (unpaired) electrons. The molecule has 3 aliphatic rings. The van der Waals surface area contributed by atoms with Crippen LogP contribution < -0.4 is 10.1 Å². The number of benzene rings is 1. The summed E-state index contributed by atoms with van der Waals surface area (Å²) in [5, 5.41) is 3.15. The molecule has 1 aromatic carbocycles. The first-order valence-electron chi connectivity index (χ1n) is 11.0. The first-order valence-corrected chi connectivity index (χ1v) is 11.0. The molecular weight excluding hydrogens is 364 g/mol. The average Bonchev–Trinajstić information content (AvgIpc) is 3.43. The SMILES string of the molecule is O=C(CC1CC2(CCN(Cc3ccco3)CC2)Oc2ccccc21)NCC1CC1. The predicted octanol–water partition coefficient (Wildman–Crippen LogP) is 4.10. The maximum atomic E-state index is 12.6. The van der Waals surface area contributed by atoms with Crippen LogP contribution in [0.5, 0.6) is 5.75 Å². The number of furan rings is 1. The lowest BCUT2D eigenvalue weighted by molar-refractivity contribution is -0.122. The fourth-order valence-corrected chi connectivity index (χ4v) is 4.85. The van der Waals surface area contributed by atoms with Crippen molar-refractivity contribution in [3.8, 4) is 5.75 Å². The summed E-state index contributed by atoms with van der Waals surface area (Å²) in [4.78, 5) is 15.0. The van der Waals surface area contributed by atoms with Crippen LogP contribution >= 0.6 is 0 Å². The summed E-state index contributed by atoms with van der Waals surface area (Å²) in [6.07, 6.45) is 7.72. The van der Waals surface area contributed by atoms with Gasteiger partial charge < -0.3 is 14.5 Å². The molecule has 1 saturated carbocycles. The van der Waals surface area contributed by atoms with Gasteiger partial charge in [0.15, 0.2) is 0 Å². The van der Waals surface area contributed by atoms with Gasteiger partial charge in [-0.15, -0.1) is 0 Å². The topological polar surface area (TPSA) is 54.7 Å². The second kappa shape index (κ2) is 7.86. The minimum absolute atomic E-state index is 0.157. The van der Waals surface area contributed by atoms with E-state index in [1.165, 1.54) is 18.4 Å². The molecule has 1 N–H and O–H groups in total. The largest absolute Gasteiger partial charge is 0.487 e. The van der Waals surface area contributed by atoms with E-state index >= 15 is 0 Å². The minimum Gasteiger partial charge on any atom is -0.487 e. The molecule has 5 nitrogen and oxygen atoms in total. The molecule has 3 heterocycles. The molecule has 29 heavy (non-hydrogen) atoms. The Bertz CT molecular complexity index is 836. The molecule has 5 rings (SSSR count). The van der Waals surface area contributed by atoms with Gasteiger partial charge in [-0.2, -0.15) is 0 Å². The van der Waals surface area contributed by atoms with Crippen molar-refractivity contribution in [2.75, 3.05) is 19.6 Å². The predicted molar refractivity (Wildman–Crippen MR) is 111 cm³/mol. The molecule has 154 valence electrons. The maximum Gasteiger partial charge on any atom is 0.220 e. The molecule has 2 aromatic rings. The average molecular weight is 395 g/mol. The number of amides is 1. The second-order valence-electron chi connectivity index (χ2n) is 9.03. The van der Waals surface area contributed by atoms with E-state index in [1.807, 2.05) is 18.2 Å². The summed E-state index contributed by atoms with van der Waals surface area (Å²) in [5.41, 5.74) is 1.04. The van der Waals surface area contributed by atoms with Crippen LogP contribution in [-0.2, 0) is 11.3 Å². The number of ether oxygens (including phenoxy) is 1. The van der Waals surface area contributed by atoms with Gasteiger partial charge in [-0.05, 0) is 61.8 Å². The van der Waals surface area contributed by atoms with Gasteiger partial charge >= 0.3 is 0 Å². The second-order valence-corrected chi connectivity index (χ2v) is 9.03. The maximum absolute atomic E-state index is 12.6. The van der Waals surface area contributed by atoms with Crippen LogP contribution in [0.2, 0.25) is 0 Å². The molecule has 2 fully saturated rings. The lowest BCUT2D eigenvalue weighted by Crippen LogP contribution is -2.50. The summed E-state index contributed by atoms with van der Waals surface area (Å²) in [5.74, 6) is 3.12. The standard InChI is InChI=1S/C24H30N2O3/c27-23(25-16-18-7-8-18)14-19-15-24(29-22-6-2-1-5-21(19)22)9-11-26(12-10-24)17-20-4-3-13-28-20/h1-6,13,18-19H,7-12,14-17H2,(H,25,27). The number of hydrogen-bond donors (Lipinski definition) is 1. The highest BCUT2D eigenvalue weighted by Gasteiger charge is 2.43. The summed E-state index contributed by atoms with van der Waals surface area (Å²) >= 11 is 0. The first-order chi connectivity index (χ1) is 14.2. The van der Waals surface area contributed by atoms with Crippen molar-refractivity contribution in [2.45, 2.75) is 56.6 Å². The van der Waals surface area contributed by atoms with E-state index < -0.39 is 0 Å². The van der Waals surface area contributed by atoms with Crippen LogP contribution in [0, 0.1) is 5.92 Å². The fourth-order valence-electron chi connectivity index (χ4n) is 4.85. The van der Waals surface area contributed by atoms with Crippen LogP contribution in [0.4, 0.5) is 0 Å². The van der Waals surface area contributed by atoms with E-state index in [0.29, 0.717) is 12.3 Å². The van der Waals surface area contributed by atoms with Crippen LogP contribution in [-0.4, -0.2) is 36.0 Å². The van der Waals surface area contributed by atoms with Crippen molar-refractivity contribution in [3.63, 3.8) is 0 Å². The van der Waals surface area contributed by atoms with Crippen molar-refractivity contribution in [1.29, 1.82) is 0 Å². The first kappa shape index (κ1) is 18.7. The number of nitrogens with one attached hydrogen (secondary N) is 1. The number of nitrogens with zero attached hydrogens (tertiary/aromatic N) is 1. The third-order valence-electron chi connectivity index (χ3n) is 6.75. The van der Waals surface area contributed by atoms with E-state index in [9.17, 15) is 4.79 Å². The van der Waals surface area contributed by atoms with Gasteiger partial charge in [-0.25, -0.2) is 0 Å². The van der Waals surface area contributed by atoms with Crippen molar-refractivity contribution in [3.05, 3.63) is 54.0 Å². The van der Waals surface area contributed by atoms with E-state index in [-0.39, 0.29) is 17.4 Å². The van der Waals surface area contributed by atoms with E-state index in [1.54, 1.807) is 6.26 Å². The smallest absolute Gasteiger partial charge is 0.220 e. The molecule has 1 amide bonds. The number of carbonyl (C=O) groups is 1. The molecule has 1 saturated heterocycles. The van der Waals surface area contributed by atoms with Crippen LogP contribution in [0.25, 0.3) is 0 Å². The van der Waals surface area contributed by atoms with Gasteiger partial charge in [0.25, 0.3) is 0 Å². The zero-order valence-electron chi connectivity index (χ0n) is 16.9. The lowest BCUT2D eigenvalue weighted by Gasteiger charge is -2.46. The van der Waals surface area contributed by atoms with Gasteiger partial charge in [0.1, 0.15) is 17.1 Å². The highest BCUT2D eigenvalue weighted by molar-refractivity contribution is 5.77. The number of hydrogen-bond acceptors (Lipinski definition) is 4. The quantitative estimate of drug-likeness (QED) is 0.802. The Morgan fingerprint density at radius 2 is 1.97 bits per heavy atom. The Hall–Kier alpha value is -2.27. The van der Waals surface area contributed by atoms with Crippen molar-refractivity contribution in [1.82, 2.24) is 10.2 Å². The van der Waals surface area contributed by atoms with Gasteiger partial charge in [-0.1, -0.05) is 18.2 Å². The van der Waals surface area contributed by atoms with Gasteiger partial charge in [-0.3, -0.25) is 9.69 Å². The molecule has 1 aliphatic carbocycles. The number of fused-ring (bicyclic) bond motifs is 1. The van der Waals surface area contributed by atoms with Crippen LogP contribution in [0.3, 0.4) is 0 Å². The Labute approximate surface area is 172 Å². The van der Waals surface area contributed by atoms with E-state index in [2.05, 4.69) is 28.4 Å². The van der Waals surface area contributed by atoms with Crippen molar-refractivity contribution in [2.24, 2.45) is 5.92 Å². The number of likely N-dealkylation sites (tertiary alicyclic amines) is 1. The van der Waals surface area contributed by atoms with Crippen molar-refractivity contribution >= 4 is 5.91 Å². The minimum atomic E-state index is -0.157. The third kappa shape index (κ3) is 4.35. The van der Waals surface area contributed by atoms with Gasteiger partial charge in [0, 0.05) is 32.0 Å². The van der Waals surface area contributed by atoms with Gasteiger partial charge in [0.05, 0.1) is 12.8 Å². The Kier molecular flexibility index (Phi) is 5.08. The highest BCUT2D eigenvalue weighted by atomic mass is 16.5. The lowest BCUT2D eigenvalue weighted by atomic mass is 9.76. The summed E-state index contributed by atoms with van der Waals surface area (Å²) in [6.45, 7) is 3.68. The highest BCUT2D eigenvalue weighted by Crippen LogP contribution is 2.46. The van der Waals surface area contributed by atoms with E-state index in [4.69, 9.17) is 9.15 Å². The summed E-state index contributed by atoms with van der Waals surface area (Å²) < 4.78 is 12.1. The third-order valence-corrected chi connectivity index (χ3v) is 6.75. The number of carbonyl (C=O) groups excluding carboxylic acids is 1. The Morgan fingerprint density at radius 1 is 1.14 bits per heavy atom. The normalized spacial score (nSPS) is 23.4. The zero-order valence-corrected chi connectivity index (χ0v) is 16.9. The number of para-hydroxylation sites is 1. The monoisotopic (exact) mass is 394 g/mol. The van der Waals surface area contributed by atoms with Crippen LogP contribution in [0.1, 0.15) is 55.8 Å². The Balaban J connectivity index is 1.26. The summed E-state index contributed by atoms with van der Waals surface area (Å²) in [6, 6.07) is 12.3. The molecule has 1 unspecified atom stereocenters. The summed E-state index contributed by atoms with van der Waals surface area (Å²) in [7, 11) is 0. The molecule has 2 aliphatic heterocycles. The number of rotatable bonds is 6. The molecule has 1 spiro atoms. The van der Waals surface area contributed by atoms with E-state index in [0.717, 1.165) is 57.0 Å². The molecule has 1 aromatic heterocycles. The Morgan fingerprint density at radius 3 is 2.72 bits per heavy atom. The molecule has 1 atom stereocenters.